The number of hydrogen-bond donors (Lipinski definition) is 0. The SMILES string of the molecule is FC(c1ncccc1Br)C(F)(F)F. The first-order valence-electron chi connectivity index (χ1n) is 3.24. The first-order valence-corrected chi connectivity index (χ1v) is 4.03. The fourth-order valence-electron chi connectivity index (χ4n) is 0.739. The standard InChI is InChI=1S/C7H4BrF4N/c8-4-2-1-3-13-5(4)6(9)7(10,11)12/h1-3,6H. The van der Waals surface area contributed by atoms with Gasteiger partial charge in [0.2, 0.25) is 6.17 Å². The van der Waals surface area contributed by atoms with Crippen molar-refractivity contribution >= 4 is 15.9 Å². The lowest BCUT2D eigenvalue weighted by Crippen LogP contribution is -2.18. The summed E-state index contributed by atoms with van der Waals surface area (Å²) >= 11 is 2.79. The maximum absolute atomic E-state index is 12.7. The smallest absolute Gasteiger partial charge is 0.257 e. The minimum absolute atomic E-state index is 0.0137. The molecule has 0 amide bonds. The van der Waals surface area contributed by atoms with Crippen molar-refractivity contribution in [2.24, 2.45) is 0 Å². The van der Waals surface area contributed by atoms with E-state index < -0.39 is 18.0 Å². The minimum Gasteiger partial charge on any atom is -0.257 e. The number of rotatable bonds is 1. The highest BCUT2D eigenvalue weighted by Crippen LogP contribution is 2.37. The highest BCUT2D eigenvalue weighted by Gasteiger charge is 2.43. The average molecular weight is 258 g/mol. The quantitative estimate of drug-likeness (QED) is 0.703. The van der Waals surface area contributed by atoms with Crippen LogP contribution in [0, 0.1) is 0 Å². The largest absolute Gasteiger partial charge is 0.425 e. The van der Waals surface area contributed by atoms with Gasteiger partial charge in [-0.3, -0.25) is 4.98 Å². The molecule has 13 heavy (non-hydrogen) atoms. The molecule has 0 aliphatic heterocycles. The molecule has 1 rings (SSSR count). The van der Waals surface area contributed by atoms with E-state index >= 15 is 0 Å². The van der Waals surface area contributed by atoms with Gasteiger partial charge in [-0.15, -0.1) is 0 Å². The number of alkyl halides is 4. The zero-order valence-corrected chi connectivity index (χ0v) is 7.73. The van der Waals surface area contributed by atoms with Crippen molar-refractivity contribution in [2.45, 2.75) is 12.3 Å². The van der Waals surface area contributed by atoms with Crippen molar-refractivity contribution in [2.75, 3.05) is 0 Å². The molecule has 0 fully saturated rings. The third kappa shape index (κ3) is 2.40. The zero-order chi connectivity index (χ0) is 10.1. The van der Waals surface area contributed by atoms with Crippen LogP contribution in [-0.2, 0) is 0 Å². The summed E-state index contributed by atoms with van der Waals surface area (Å²) in [5, 5.41) is 0. The lowest BCUT2D eigenvalue weighted by Gasteiger charge is -2.12. The van der Waals surface area contributed by atoms with Gasteiger partial charge in [0.05, 0.1) is 5.69 Å². The fraction of sp³-hybridized carbons (Fsp3) is 0.286. The van der Waals surface area contributed by atoms with Gasteiger partial charge in [0.1, 0.15) is 0 Å². The van der Waals surface area contributed by atoms with Gasteiger partial charge in [-0.1, -0.05) is 0 Å². The van der Waals surface area contributed by atoms with Gasteiger partial charge in [0.25, 0.3) is 0 Å². The molecule has 1 heterocycles. The van der Waals surface area contributed by atoms with Crippen LogP contribution < -0.4 is 0 Å². The predicted octanol–water partition coefficient (Wildman–Crippen LogP) is 3.42. The van der Waals surface area contributed by atoms with Crippen LogP contribution in [0.3, 0.4) is 0 Å². The van der Waals surface area contributed by atoms with Crippen molar-refractivity contribution in [3.63, 3.8) is 0 Å². The van der Waals surface area contributed by atoms with Crippen LogP contribution in [0.1, 0.15) is 11.9 Å². The third-order valence-electron chi connectivity index (χ3n) is 1.31. The molecule has 1 atom stereocenters. The second-order valence-electron chi connectivity index (χ2n) is 2.27. The molecule has 1 nitrogen and oxygen atoms in total. The van der Waals surface area contributed by atoms with Crippen LogP contribution in [0.15, 0.2) is 22.8 Å². The molecule has 72 valence electrons. The predicted molar refractivity (Wildman–Crippen MR) is 41.8 cm³/mol. The Labute approximate surface area is 79.9 Å². The molecule has 1 aromatic heterocycles. The van der Waals surface area contributed by atoms with E-state index in [0.29, 0.717) is 0 Å². The summed E-state index contributed by atoms with van der Waals surface area (Å²) in [6.07, 6.45) is -6.84. The summed E-state index contributed by atoms with van der Waals surface area (Å²) in [4.78, 5) is 3.30. The van der Waals surface area contributed by atoms with E-state index in [-0.39, 0.29) is 4.47 Å². The van der Waals surface area contributed by atoms with Gasteiger partial charge in [0, 0.05) is 10.7 Å². The first kappa shape index (κ1) is 10.4. The van der Waals surface area contributed by atoms with Gasteiger partial charge in [-0.25, -0.2) is 4.39 Å². The van der Waals surface area contributed by atoms with Gasteiger partial charge >= 0.3 is 6.18 Å². The van der Waals surface area contributed by atoms with E-state index in [2.05, 4.69) is 20.9 Å². The van der Waals surface area contributed by atoms with E-state index in [1.807, 2.05) is 0 Å². The van der Waals surface area contributed by atoms with Crippen molar-refractivity contribution in [1.82, 2.24) is 4.98 Å². The number of nitrogens with zero attached hydrogens (tertiary/aromatic N) is 1. The Morgan fingerprint density at radius 2 is 2.00 bits per heavy atom. The van der Waals surface area contributed by atoms with Gasteiger partial charge < -0.3 is 0 Å². The first-order chi connectivity index (χ1) is 5.93. The number of hydrogen-bond acceptors (Lipinski definition) is 1. The Morgan fingerprint density at radius 1 is 1.38 bits per heavy atom. The summed E-state index contributed by atoms with van der Waals surface area (Å²) in [7, 11) is 0. The Balaban J connectivity index is 3.02. The van der Waals surface area contributed by atoms with Crippen molar-refractivity contribution in [1.29, 1.82) is 0 Å². The normalized spacial score (nSPS) is 14.2. The molecule has 0 spiro atoms. The molecule has 6 heteroatoms. The molecule has 1 unspecified atom stereocenters. The van der Waals surface area contributed by atoms with Crippen LogP contribution in [0.4, 0.5) is 17.6 Å². The highest BCUT2D eigenvalue weighted by atomic mass is 79.9. The molecular formula is C7H4BrF4N. The minimum atomic E-state index is -4.91. The highest BCUT2D eigenvalue weighted by molar-refractivity contribution is 9.10. The topological polar surface area (TPSA) is 12.9 Å². The summed E-state index contributed by atoms with van der Waals surface area (Å²) in [6.45, 7) is 0. The van der Waals surface area contributed by atoms with Crippen molar-refractivity contribution in [3.05, 3.63) is 28.5 Å². The summed E-state index contributed by atoms with van der Waals surface area (Å²) < 4.78 is 48.3. The second-order valence-corrected chi connectivity index (χ2v) is 3.13. The van der Waals surface area contributed by atoms with Crippen LogP contribution >= 0.6 is 15.9 Å². The molecule has 0 aliphatic rings. The number of pyridine rings is 1. The molecule has 1 aromatic rings. The van der Waals surface area contributed by atoms with Crippen molar-refractivity contribution < 1.29 is 17.6 Å². The monoisotopic (exact) mass is 257 g/mol. The van der Waals surface area contributed by atoms with Gasteiger partial charge in [-0.05, 0) is 28.1 Å². The Hall–Kier alpha value is -0.650. The van der Waals surface area contributed by atoms with E-state index in [1.54, 1.807) is 0 Å². The van der Waals surface area contributed by atoms with Crippen LogP contribution in [0.2, 0.25) is 0 Å². The second kappa shape index (κ2) is 3.61. The molecule has 0 aliphatic carbocycles. The number of halogens is 5. The Bertz CT molecular complexity index is 299. The fourth-order valence-corrected chi connectivity index (χ4v) is 1.20. The third-order valence-corrected chi connectivity index (χ3v) is 1.98. The van der Waals surface area contributed by atoms with E-state index in [0.717, 1.165) is 6.20 Å². The van der Waals surface area contributed by atoms with Gasteiger partial charge in [0.15, 0.2) is 0 Å². The lowest BCUT2D eigenvalue weighted by molar-refractivity contribution is -0.184. The molecule has 0 N–H and O–H groups in total. The van der Waals surface area contributed by atoms with E-state index in [4.69, 9.17) is 0 Å². The van der Waals surface area contributed by atoms with E-state index in [9.17, 15) is 17.6 Å². The van der Waals surface area contributed by atoms with Crippen LogP contribution in [0.5, 0.6) is 0 Å². The molecule has 0 saturated carbocycles. The molecule has 0 aromatic carbocycles. The maximum atomic E-state index is 12.7. The summed E-state index contributed by atoms with van der Waals surface area (Å²) in [5.74, 6) is 0. The Morgan fingerprint density at radius 3 is 2.46 bits per heavy atom. The maximum Gasteiger partial charge on any atom is 0.425 e. The molecule has 0 bridgehead atoms. The summed E-state index contributed by atoms with van der Waals surface area (Å²) in [5.41, 5.74) is -0.644. The molecular weight excluding hydrogens is 254 g/mol. The van der Waals surface area contributed by atoms with Crippen LogP contribution in [-0.4, -0.2) is 11.2 Å². The van der Waals surface area contributed by atoms with Crippen molar-refractivity contribution in [3.8, 4) is 0 Å². The average Bonchev–Trinajstić information content (AvgIpc) is 2.02. The van der Waals surface area contributed by atoms with Crippen LogP contribution in [0.25, 0.3) is 0 Å². The Kier molecular flexibility index (Phi) is 2.90. The zero-order valence-electron chi connectivity index (χ0n) is 6.15. The van der Waals surface area contributed by atoms with Gasteiger partial charge in [-0.2, -0.15) is 13.2 Å². The lowest BCUT2D eigenvalue weighted by atomic mass is 10.2. The molecule has 0 radical (unpaired) electrons. The number of aromatic nitrogens is 1. The van der Waals surface area contributed by atoms with E-state index in [1.165, 1.54) is 12.1 Å². The molecule has 0 saturated heterocycles. The summed E-state index contributed by atoms with van der Waals surface area (Å²) in [6, 6.07) is 2.72.